The van der Waals surface area contributed by atoms with E-state index in [0.717, 1.165) is 0 Å². The first kappa shape index (κ1) is 26.5. The molecule has 1 aromatic carbocycles. The molecule has 0 spiro atoms. The van der Waals surface area contributed by atoms with Crippen molar-refractivity contribution in [2.24, 2.45) is 11.7 Å². The second-order valence-electron chi connectivity index (χ2n) is 6.84. The number of primary amides is 1. The molecule has 0 saturated carbocycles. The number of ether oxygens (including phenoxy) is 2. The van der Waals surface area contributed by atoms with Crippen LogP contribution in [0.2, 0.25) is 0 Å². The summed E-state index contributed by atoms with van der Waals surface area (Å²) in [5.74, 6) is -6.18. The van der Waals surface area contributed by atoms with Gasteiger partial charge in [0.25, 0.3) is 0 Å². The Morgan fingerprint density at radius 1 is 1.06 bits per heavy atom. The fraction of sp³-hybridized carbons (Fsp3) is 0.476. The highest BCUT2D eigenvalue weighted by Gasteiger charge is 2.38. The zero-order valence-corrected chi connectivity index (χ0v) is 18.2. The summed E-state index contributed by atoms with van der Waals surface area (Å²) >= 11 is 0. The number of hydrogen-bond donors (Lipinski definition) is 3. The smallest absolute Gasteiger partial charge is 0.312 e. The number of benzene rings is 1. The Morgan fingerprint density at radius 3 is 2.25 bits per heavy atom. The zero-order valence-electron chi connectivity index (χ0n) is 18.2. The monoisotopic (exact) mass is 453 g/mol. The number of esters is 2. The van der Waals surface area contributed by atoms with Crippen molar-refractivity contribution >= 4 is 29.7 Å². The highest BCUT2D eigenvalue weighted by Crippen LogP contribution is 2.15. The van der Waals surface area contributed by atoms with Crippen LogP contribution in [-0.4, -0.2) is 55.0 Å². The van der Waals surface area contributed by atoms with E-state index in [-0.39, 0.29) is 19.6 Å². The molecule has 1 rings (SSSR count). The molecule has 1 aromatic rings. The van der Waals surface area contributed by atoms with Crippen LogP contribution in [-0.2, 0) is 39.9 Å². The summed E-state index contributed by atoms with van der Waals surface area (Å²) in [5.41, 5.74) is 5.80. The number of carbonyl (C=O) groups excluding carboxylic acids is 5. The lowest BCUT2D eigenvalue weighted by Gasteiger charge is -2.26. The van der Waals surface area contributed by atoms with Crippen LogP contribution >= 0.6 is 0 Å². The molecule has 0 radical (unpaired) electrons. The van der Waals surface area contributed by atoms with Crippen LogP contribution in [0.3, 0.4) is 0 Å². The van der Waals surface area contributed by atoms with Gasteiger partial charge >= 0.3 is 11.9 Å². The van der Waals surface area contributed by atoms with Crippen molar-refractivity contribution in [2.75, 3.05) is 13.2 Å². The van der Waals surface area contributed by atoms with Gasteiger partial charge in [-0.05, 0) is 31.5 Å². The maximum Gasteiger partial charge on any atom is 0.312 e. The minimum Gasteiger partial charge on any atom is -0.466 e. The summed E-state index contributed by atoms with van der Waals surface area (Å²) < 4.78 is 23.2. The molecule has 0 aliphatic carbocycles. The van der Waals surface area contributed by atoms with Crippen molar-refractivity contribution in [2.45, 2.75) is 45.7 Å². The molecule has 0 aromatic heterocycles. The number of nitrogens with one attached hydrogen (secondary N) is 2. The van der Waals surface area contributed by atoms with Crippen LogP contribution in [0, 0.1) is 11.7 Å². The molecule has 176 valence electrons. The standard InChI is InChI=1S/C21H28FN3O7/c1-4-31-17(27)11-15(21(30)32-5-2)18(19(23)28)25-20(29)16(24-12(3)26)10-13-7-6-8-14(22)9-13/h6-9,15-16,18H,4-5,10-11H2,1-3H3,(H2,23,28)(H,24,26)(H,25,29)/t15-,16-,18+/m1/s1. The quantitative estimate of drug-likeness (QED) is 0.376. The largest absolute Gasteiger partial charge is 0.466 e. The summed E-state index contributed by atoms with van der Waals surface area (Å²) in [5, 5.41) is 4.73. The highest BCUT2D eigenvalue weighted by molar-refractivity contribution is 5.95. The van der Waals surface area contributed by atoms with Crippen molar-refractivity contribution in [3.05, 3.63) is 35.6 Å². The number of carbonyl (C=O) groups is 5. The summed E-state index contributed by atoms with van der Waals surface area (Å²) in [4.78, 5) is 60.9. The Kier molecular flexibility index (Phi) is 10.8. The van der Waals surface area contributed by atoms with Gasteiger partial charge in [-0.2, -0.15) is 0 Å². The van der Waals surface area contributed by atoms with Gasteiger partial charge in [0.2, 0.25) is 17.7 Å². The first-order valence-electron chi connectivity index (χ1n) is 10.0. The van der Waals surface area contributed by atoms with Crippen LogP contribution in [0.4, 0.5) is 4.39 Å². The molecule has 0 bridgehead atoms. The molecule has 4 N–H and O–H groups in total. The molecule has 0 saturated heterocycles. The van der Waals surface area contributed by atoms with Crippen molar-refractivity contribution in [1.82, 2.24) is 10.6 Å². The van der Waals surface area contributed by atoms with E-state index in [2.05, 4.69) is 10.6 Å². The van der Waals surface area contributed by atoms with E-state index in [0.29, 0.717) is 5.56 Å². The van der Waals surface area contributed by atoms with Crippen LogP contribution in [0.1, 0.15) is 32.8 Å². The lowest BCUT2D eigenvalue weighted by molar-refractivity contribution is -0.157. The zero-order chi connectivity index (χ0) is 24.3. The SMILES string of the molecule is CCOC(=O)C[C@@H](C(=O)OCC)[C@H](NC(=O)[C@@H](Cc1cccc(F)c1)NC(C)=O)C(N)=O. The Labute approximate surface area is 185 Å². The minimum atomic E-state index is -1.62. The van der Waals surface area contributed by atoms with E-state index in [1.54, 1.807) is 13.0 Å². The Balaban J connectivity index is 3.14. The molecule has 0 fully saturated rings. The average molecular weight is 453 g/mol. The Hall–Kier alpha value is -3.50. The van der Waals surface area contributed by atoms with Gasteiger partial charge in [-0.25, -0.2) is 4.39 Å². The van der Waals surface area contributed by atoms with Gasteiger partial charge in [0, 0.05) is 13.3 Å². The predicted molar refractivity (Wildman–Crippen MR) is 110 cm³/mol. The number of amides is 3. The molecule has 0 unspecified atom stereocenters. The fourth-order valence-corrected chi connectivity index (χ4v) is 2.96. The lowest BCUT2D eigenvalue weighted by atomic mass is 9.94. The molecule has 0 heterocycles. The van der Waals surface area contributed by atoms with Gasteiger partial charge in [0.15, 0.2) is 0 Å². The van der Waals surface area contributed by atoms with Crippen LogP contribution in [0.25, 0.3) is 0 Å². The summed E-state index contributed by atoms with van der Waals surface area (Å²) in [6, 6.07) is 2.58. The van der Waals surface area contributed by atoms with Crippen molar-refractivity contribution in [3.8, 4) is 0 Å². The molecule has 0 aliphatic rings. The van der Waals surface area contributed by atoms with Gasteiger partial charge in [-0.1, -0.05) is 12.1 Å². The number of halogens is 1. The average Bonchev–Trinajstić information content (AvgIpc) is 2.69. The summed E-state index contributed by atoms with van der Waals surface area (Å²) in [7, 11) is 0. The van der Waals surface area contributed by atoms with Gasteiger partial charge in [0.1, 0.15) is 17.9 Å². The molecule has 3 atom stereocenters. The molecule has 10 nitrogen and oxygen atoms in total. The van der Waals surface area contributed by atoms with E-state index in [4.69, 9.17) is 15.2 Å². The van der Waals surface area contributed by atoms with Crippen LogP contribution in [0.5, 0.6) is 0 Å². The van der Waals surface area contributed by atoms with E-state index >= 15 is 0 Å². The van der Waals surface area contributed by atoms with Gasteiger partial charge in [-0.3, -0.25) is 24.0 Å². The van der Waals surface area contributed by atoms with Crippen LogP contribution in [0.15, 0.2) is 24.3 Å². The number of rotatable bonds is 12. The molecule has 11 heteroatoms. The summed E-state index contributed by atoms with van der Waals surface area (Å²) in [6.07, 6.45) is -0.661. The number of nitrogens with two attached hydrogens (primary N) is 1. The molecular weight excluding hydrogens is 425 g/mol. The first-order valence-corrected chi connectivity index (χ1v) is 10.0. The highest BCUT2D eigenvalue weighted by atomic mass is 19.1. The first-order chi connectivity index (χ1) is 15.1. The lowest BCUT2D eigenvalue weighted by Crippen LogP contribution is -2.57. The third-order valence-electron chi connectivity index (χ3n) is 4.31. The predicted octanol–water partition coefficient (Wildman–Crippen LogP) is -0.0245. The van der Waals surface area contributed by atoms with Crippen molar-refractivity contribution in [1.29, 1.82) is 0 Å². The van der Waals surface area contributed by atoms with Gasteiger partial charge in [-0.15, -0.1) is 0 Å². The third kappa shape index (κ3) is 8.70. The van der Waals surface area contributed by atoms with Gasteiger partial charge in [0.05, 0.1) is 25.6 Å². The fourth-order valence-electron chi connectivity index (χ4n) is 2.96. The van der Waals surface area contributed by atoms with E-state index < -0.39 is 59.9 Å². The molecule has 0 aliphatic heterocycles. The topological polar surface area (TPSA) is 154 Å². The molecule has 3 amide bonds. The normalized spacial score (nSPS) is 13.2. The van der Waals surface area contributed by atoms with Crippen LogP contribution < -0.4 is 16.4 Å². The van der Waals surface area contributed by atoms with E-state index in [1.165, 1.54) is 32.0 Å². The second-order valence-corrected chi connectivity index (χ2v) is 6.84. The molecular formula is C21H28FN3O7. The third-order valence-corrected chi connectivity index (χ3v) is 4.31. The summed E-state index contributed by atoms with van der Waals surface area (Å²) in [6.45, 7) is 4.28. The number of hydrogen-bond acceptors (Lipinski definition) is 7. The Morgan fingerprint density at radius 2 is 1.72 bits per heavy atom. The molecule has 32 heavy (non-hydrogen) atoms. The van der Waals surface area contributed by atoms with Crippen molar-refractivity contribution < 1.29 is 37.8 Å². The maximum absolute atomic E-state index is 13.5. The van der Waals surface area contributed by atoms with E-state index in [9.17, 15) is 28.4 Å². The van der Waals surface area contributed by atoms with Crippen molar-refractivity contribution in [3.63, 3.8) is 0 Å². The minimum absolute atomic E-state index is 0.0360. The maximum atomic E-state index is 13.5. The Bertz CT molecular complexity index is 846. The van der Waals surface area contributed by atoms with E-state index in [1.807, 2.05) is 0 Å². The second kappa shape index (κ2) is 13.0. The van der Waals surface area contributed by atoms with Gasteiger partial charge < -0.3 is 25.8 Å².